The van der Waals surface area contributed by atoms with Crippen LogP contribution in [0.4, 0.5) is 0 Å². The average Bonchev–Trinajstić information content (AvgIpc) is 3.08. The van der Waals surface area contributed by atoms with Crippen molar-refractivity contribution in [1.82, 2.24) is 19.7 Å². The Morgan fingerprint density at radius 2 is 1.89 bits per heavy atom. The van der Waals surface area contributed by atoms with E-state index in [1.807, 2.05) is 48.5 Å². The summed E-state index contributed by atoms with van der Waals surface area (Å²) in [6.07, 6.45) is 2.42. The van der Waals surface area contributed by atoms with Gasteiger partial charge in [-0.25, -0.2) is 0 Å². The molecule has 2 heterocycles. The number of halogens is 1. The minimum atomic E-state index is 0.142. The Morgan fingerprint density at radius 1 is 1.15 bits per heavy atom. The van der Waals surface area contributed by atoms with Gasteiger partial charge in [0.25, 0.3) is 0 Å². The molecule has 0 saturated carbocycles. The highest BCUT2D eigenvalue weighted by Gasteiger charge is 2.23. The lowest BCUT2D eigenvalue weighted by Crippen LogP contribution is -2.53. The molecule has 1 amide bonds. The van der Waals surface area contributed by atoms with Gasteiger partial charge in [0.15, 0.2) is 5.96 Å². The first kappa shape index (κ1) is 19.3. The zero-order valence-corrected chi connectivity index (χ0v) is 16.6. The number of piperazine rings is 1. The van der Waals surface area contributed by atoms with Crippen LogP contribution in [0.15, 0.2) is 47.6 Å². The van der Waals surface area contributed by atoms with E-state index in [-0.39, 0.29) is 5.91 Å². The summed E-state index contributed by atoms with van der Waals surface area (Å²) in [5.74, 6) is 1.02. The molecular formula is C20H26ClN5O. The van der Waals surface area contributed by atoms with Crippen LogP contribution in [0.25, 0.3) is 0 Å². The maximum absolute atomic E-state index is 12.6. The molecule has 0 atom stereocenters. The van der Waals surface area contributed by atoms with Crippen molar-refractivity contribution in [3.8, 4) is 0 Å². The highest BCUT2D eigenvalue weighted by atomic mass is 35.5. The van der Waals surface area contributed by atoms with E-state index in [1.165, 1.54) is 5.69 Å². The van der Waals surface area contributed by atoms with Crippen molar-refractivity contribution in [2.24, 2.45) is 12.0 Å². The summed E-state index contributed by atoms with van der Waals surface area (Å²) in [5.41, 5.74) is 2.15. The van der Waals surface area contributed by atoms with Gasteiger partial charge >= 0.3 is 0 Å². The molecular weight excluding hydrogens is 362 g/mol. The smallest absolute Gasteiger partial charge is 0.227 e. The number of rotatable bonds is 4. The van der Waals surface area contributed by atoms with Crippen LogP contribution in [-0.2, 0) is 24.8 Å². The topological polar surface area (TPSA) is 52.9 Å². The number of aryl methyl sites for hydroxylation is 1. The second-order valence-electron chi connectivity index (χ2n) is 6.69. The second-order valence-corrected chi connectivity index (χ2v) is 7.12. The van der Waals surface area contributed by atoms with Crippen molar-refractivity contribution in [1.29, 1.82) is 0 Å². The van der Waals surface area contributed by atoms with Crippen LogP contribution in [0.2, 0.25) is 5.02 Å². The Hall–Kier alpha value is -2.47. The molecule has 1 aromatic carbocycles. The fourth-order valence-corrected chi connectivity index (χ4v) is 3.50. The predicted octanol–water partition coefficient (Wildman–Crippen LogP) is 2.14. The van der Waals surface area contributed by atoms with Crippen molar-refractivity contribution in [2.75, 3.05) is 33.2 Å². The van der Waals surface area contributed by atoms with E-state index in [2.05, 4.69) is 25.8 Å². The molecule has 6 nitrogen and oxygen atoms in total. The Labute approximate surface area is 165 Å². The molecule has 3 rings (SSSR count). The van der Waals surface area contributed by atoms with Crippen LogP contribution in [-0.4, -0.2) is 59.5 Å². The summed E-state index contributed by atoms with van der Waals surface area (Å²) >= 11 is 6.01. The Morgan fingerprint density at radius 3 is 2.52 bits per heavy atom. The number of nitrogens with zero attached hydrogens (tertiary/aromatic N) is 4. The molecule has 27 heavy (non-hydrogen) atoms. The van der Waals surface area contributed by atoms with Crippen molar-refractivity contribution in [3.05, 3.63) is 58.9 Å². The third kappa shape index (κ3) is 5.04. The van der Waals surface area contributed by atoms with Gasteiger partial charge < -0.3 is 19.7 Å². The molecule has 2 aromatic rings. The lowest BCUT2D eigenvalue weighted by atomic mass is 10.1. The summed E-state index contributed by atoms with van der Waals surface area (Å²) in [7, 11) is 3.83. The van der Waals surface area contributed by atoms with Gasteiger partial charge in [0.05, 0.1) is 13.0 Å². The van der Waals surface area contributed by atoms with Gasteiger partial charge in [-0.1, -0.05) is 23.7 Å². The molecule has 7 heteroatoms. The fraction of sp³-hybridized carbons (Fsp3) is 0.400. The number of carbonyl (C=O) groups excluding carboxylic acids is 1. The second kappa shape index (κ2) is 8.95. The number of hydrogen-bond donors (Lipinski definition) is 1. The van der Waals surface area contributed by atoms with Crippen LogP contribution < -0.4 is 5.32 Å². The van der Waals surface area contributed by atoms with Crippen LogP contribution in [0.5, 0.6) is 0 Å². The van der Waals surface area contributed by atoms with E-state index in [0.717, 1.165) is 31.2 Å². The summed E-state index contributed by atoms with van der Waals surface area (Å²) in [6, 6.07) is 11.6. The van der Waals surface area contributed by atoms with Crippen molar-refractivity contribution < 1.29 is 4.79 Å². The molecule has 1 aliphatic rings. The molecule has 1 N–H and O–H groups in total. The highest BCUT2D eigenvalue weighted by Crippen LogP contribution is 2.13. The number of aliphatic imine (C=N–C) groups is 1. The Balaban J connectivity index is 1.49. The van der Waals surface area contributed by atoms with Crippen LogP contribution in [0, 0.1) is 0 Å². The van der Waals surface area contributed by atoms with E-state index in [1.54, 1.807) is 7.05 Å². The number of nitrogens with one attached hydrogen (secondary N) is 1. The highest BCUT2D eigenvalue weighted by molar-refractivity contribution is 6.30. The first-order valence-corrected chi connectivity index (χ1v) is 9.52. The first-order chi connectivity index (χ1) is 13.1. The van der Waals surface area contributed by atoms with Gasteiger partial charge in [0.2, 0.25) is 5.91 Å². The number of carbonyl (C=O) groups is 1. The van der Waals surface area contributed by atoms with Crippen LogP contribution in [0.3, 0.4) is 0 Å². The molecule has 0 bridgehead atoms. The summed E-state index contributed by atoms with van der Waals surface area (Å²) in [4.78, 5) is 21.1. The fourth-order valence-electron chi connectivity index (χ4n) is 3.28. The molecule has 1 aromatic heterocycles. The Bertz CT molecular complexity index is 808. The van der Waals surface area contributed by atoms with Crippen molar-refractivity contribution in [2.45, 2.75) is 13.0 Å². The van der Waals surface area contributed by atoms with Crippen molar-refractivity contribution in [3.63, 3.8) is 0 Å². The Kier molecular flexibility index (Phi) is 6.40. The quantitative estimate of drug-likeness (QED) is 0.646. The average molecular weight is 388 g/mol. The molecule has 0 spiro atoms. The molecule has 0 unspecified atom stereocenters. The maximum Gasteiger partial charge on any atom is 0.227 e. The minimum Gasteiger partial charge on any atom is -0.353 e. The van der Waals surface area contributed by atoms with Gasteiger partial charge in [-0.2, -0.15) is 0 Å². The van der Waals surface area contributed by atoms with Gasteiger partial charge in [-0.3, -0.25) is 9.79 Å². The zero-order valence-electron chi connectivity index (χ0n) is 15.9. The van der Waals surface area contributed by atoms with Gasteiger partial charge in [0.1, 0.15) is 0 Å². The lowest BCUT2D eigenvalue weighted by Gasteiger charge is -2.36. The van der Waals surface area contributed by atoms with E-state index in [4.69, 9.17) is 11.6 Å². The molecule has 1 aliphatic heterocycles. The summed E-state index contributed by atoms with van der Waals surface area (Å²) in [5, 5.41) is 4.07. The third-order valence-electron chi connectivity index (χ3n) is 4.87. The number of hydrogen-bond acceptors (Lipinski definition) is 2. The normalized spacial score (nSPS) is 15.1. The van der Waals surface area contributed by atoms with Crippen molar-refractivity contribution >= 4 is 23.5 Å². The third-order valence-corrected chi connectivity index (χ3v) is 5.10. The molecule has 1 saturated heterocycles. The molecule has 1 fully saturated rings. The number of guanidine groups is 1. The molecule has 0 radical (unpaired) electrons. The summed E-state index contributed by atoms with van der Waals surface area (Å²) < 4.78 is 2.09. The number of benzene rings is 1. The van der Waals surface area contributed by atoms with Crippen LogP contribution in [0.1, 0.15) is 11.3 Å². The number of aromatic nitrogens is 1. The van der Waals surface area contributed by atoms with E-state index >= 15 is 0 Å². The predicted molar refractivity (Wildman–Crippen MR) is 109 cm³/mol. The first-order valence-electron chi connectivity index (χ1n) is 9.15. The van der Waals surface area contributed by atoms with Gasteiger partial charge in [0, 0.05) is 57.2 Å². The monoisotopic (exact) mass is 387 g/mol. The molecule has 144 valence electrons. The van der Waals surface area contributed by atoms with E-state index < -0.39 is 0 Å². The van der Waals surface area contributed by atoms with E-state index in [9.17, 15) is 4.79 Å². The van der Waals surface area contributed by atoms with Gasteiger partial charge in [-0.05, 0) is 29.8 Å². The standard InChI is InChI=1S/C20H26ClN5O/c1-22-20(23-15-18-7-4-8-24(18)2)26-11-9-25(10-12-26)19(27)14-16-5-3-6-17(21)13-16/h3-8,13H,9-12,14-15H2,1-2H3,(H,22,23). The summed E-state index contributed by atoms with van der Waals surface area (Å²) in [6.45, 7) is 3.67. The molecule has 0 aliphatic carbocycles. The van der Waals surface area contributed by atoms with Crippen LogP contribution >= 0.6 is 11.6 Å². The van der Waals surface area contributed by atoms with E-state index in [0.29, 0.717) is 24.5 Å². The maximum atomic E-state index is 12.6. The zero-order chi connectivity index (χ0) is 19.2. The SMILES string of the molecule is CN=C(NCc1cccn1C)N1CCN(C(=O)Cc2cccc(Cl)c2)CC1. The van der Waals surface area contributed by atoms with Gasteiger partial charge in [-0.15, -0.1) is 0 Å². The largest absolute Gasteiger partial charge is 0.353 e. The number of amides is 1. The lowest BCUT2D eigenvalue weighted by molar-refractivity contribution is -0.131. The minimum absolute atomic E-state index is 0.142.